The summed E-state index contributed by atoms with van der Waals surface area (Å²) in [4.78, 5) is 26.5. The van der Waals surface area contributed by atoms with Gasteiger partial charge in [-0.05, 0) is 287 Å². The highest BCUT2D eigenvalue weighted by molar-refractivity contribution is 9.10. The summed E-state index contributed by atoms with van der Waals surface area (Å²) in [6.45, 7) is 69.6. The van der Waals surface area contributed by atoms with Crippen LogP contribution in [0.4, 0.5) is 4.39 Å². The third kappa shape index (κ3) is 59.2. The lowest BCUT2D eigenvalue weighted by Gasteiger charge is -2.08. The number of thiophene rings is 2. The van der Waals surface area contributed by atoms with Crippen LogP contribution in [0.3, 0.4) is 0 Å². The normalized spacial score (nSPS) is 10.5. The zero-order valence-electron chi connectivity index (χ0n) is 91.0. The number of fused-ring (bicyclic) bond motifs is 1. The first kappa shape index (κ1) is 133. The zero-order chi connectivity index (χ0) is 105. The Balaban J connectivity index is 0.00000151. The quantitative estimate of drug-likeness (QED) is 0.0923. The molecule has 10 aromatic heterocycles. The Hall–Kier alpha value is -10.0. The van der Waals surface area contributed by atoms with Gasteiger partial charge in [-0.15, -0.1) is 22.7 Å². The lowest BCUT2D eigenvalue weighted by molar-refractivity contribution is 0.174. The van der Waals surface area contributed by atoms with E-state index in [1.165, 1.54) is 88.9 Å². The molecule has 1 aliphatic heterocycles. The van der Waals surface area contributed by atoms with E-state index in [2.05, 4.69) is 392 Å². The third-order valence-electron chi connectivity index (χ3n) is 21.5. The van der Waals surface area contributed by atoms with Crippen LogP contribution in [0.25, 0.3) is 0 Å². The van der Waals surface area contributed by atoms with Gasteiger partial charge in [-0.3, -0.25) is 29.6 Å². The summed E-state index contributed by atoms with van der Waals surface area (Å²) in [6.07, 6.45) is 21.2. The van der Waals surface area contributed by atoms with Crippen molar-refractivity contribution in [3.63, 3.8) is 0 Å². The number of hydrogen-bond donors (Lipinski definition) is 0. The first-order chi connectivity index (χ1) is 66.9. The number of halogens is 4. The average molecular weight is 2100 g/mol. The van der Waals surface area contributed by atoms with Gasteiger partial charge in [0.1, 0.15) is 5.82 Å². The summed E-state index contributed by atoms with van der Waals surface area (Å²) < 4.78 is 30.6. The van der Waals surface area contributed by atoms with Gasteiger partial charge in [0.15, 0.2) is 11.5 Å². The lowest BCUT2D eigenvalue weighted by atomic mass is 10.0. The Bertz CT molecular complexity index is 5050. The summed E-state index contributed by atoms with van der Waals surface area (Å²) in [6, 6.07) is 70.4. The zero-order valence-corrected chi connectivity index (χ0v) is 96.5. The Kier molecular flexibility index (Phi) is 71.2. The van der Waals surface area contributed by atoms with Gasteiger partial charge < -0.3 is 13.9 Å². The molecule has 0 unspecified atom stereocenters. The molecule has 0 saturated carbocycles. The predicted octanol–water partition coefficient (Wildman–Crippen LogP) is 41.1. The van der Waals surface area contributed by atoms with Crippen LogP contribution in [0.15, 0.2) is 311 Å². The molecule has 143 heavy (non-hydrogen) atoms. The molecule has 15 aromatic rings. The van der Waals surface area contributed by atoms with Crippen LogP contribution in [-0.2, 0) is 13.5 Å². The van der Waals surface area contributed by atoms with Crippen LogP contribution in [0, 0.1) is 12.7 Å². The van der Waals surface area contributed by atoms with E-state index in [9.17, 15) is 4.39 Å². The van der Waals surface area contributed by atoms with Crippen LogP contribution in [0.1, 0.15) is 412 Å². The van der Waals surface area contributed by atoms with Gasteiger partial charge in [0, 0.05) is 105 Å². The van der Waals surface area contributed by atoms with Gasteiger partial charge in [-0.25, -0.2) is 9.37 Å². The number of rotatable bonds is 16. The van der Waals surface area contributed by atoms with Crippen molar-refractivity contribution < 1.29 is 18.3 Å². The fourth-order valence-corrected chi connectivity index (χ4v) is 15.0. The number of hydrogen-bond acceptors (Lipinski definition) is 13. The Morgan fingerprint density at radius 2 is 0.846 bits per heavy atom. The monoisotopic (exact) mass is 2100 g/mol. The molecule has 780 valence electrons. The molecule has 0 spiro atoms. The van der Waals surface area contributed by atoms with Gasteiger partial charge in [0.25, 0.3) is 0 Å². The van der Waals surface area contributed by atoms with Crippen molar-refractivity contribution in [2.24, 2.45) is 7.05 Å². The van der Waals surface area contributed by atoms with E-state index in [-0.39, 0.29) is 20.7 Å². The summed E-state index contributed by atoms with van der Waals surface area (Å²) >= 11 is 20.0. The minimum absolute atomic E-state index is 0. The Morgan fingerprint density at radius 1 is 0.371 bits per heavy atom. The molecule has 0 radical (unpaired) electrons. The van der Waals surface area contributed by atoms with E-state index in [4.69, 9.17) is 37.1 Å². The van der Waals surface area contributed by atoms with Crippen LogP contribution in [0.5, 0.6) is 11.5 Å². The molecule has 0 N–H and O–H groups in total. The summed E-state index contributed by atoms with van der Waals surface area (Å²) in [7, 11) is 1.94. The fourth-order valence-electron chi connectivity index (χ4n) is 12.3. The molecule has 0 bridgehead atoms. The molecular weight excluding hydrogens is 1930 g/mol. The molecule has 0 fully saturated rings. The lowest BCUT2D eigenvalue weighted by Crippen LogP contribution is -1.96. The number of aromatic nitrogens is 8. The van der Waals surface area contributed by atoms with Crippen molar-refractivity contribution in [2.45, 2.75) is 332 Å². The molecule has 16 rings (SSSR count). The Labute approximate surface area is 897 Å². The highest BCUT2D eigenvalue weighted by Gasteiger charge is 2.15. The van der Waals surface area contributed by atoms with E-state index in [1.807, 2.05) is 169 Å². The number of ether oxygens (including phenoxy) is 2. The molecule has 0 amide bonds. The molecule has 0 saturated heterocycles. The number of pyridine rings is 5. The second kappa shape index (κ2) is 76.5. The smallest absolute Gasteiger partial charge is 0.231 e. The SMILES string of the molecule is C.C.CC(C)c1ccc(Br)cn1.CC(C)c1ccc(Cl)cc1.CC(C)c1ccc(Cl)cn1.CC(C)c1ccc(F)cc1.CC(C)c1ccc2c(c1)OCO2.CC(C)c1ccccc1.CC(C)c1ccccc1.CC(C)c1cccnc1.CC(C)c1cccs1.CC(C)c1ccoc1.CC(C)c1ccsc1.CC(C)c1cnn(C)c1.CC(C)c1nccs1.CCc1ncccc1C(C)C.Cc1ncccc1C(C)C. The number of furan rings is 1. The average Bonchev–Trinajstić information content (AvgIpc) is 1.69. The van der Waals surface area contributed by atoms with Crippen molar-refractivity contribution >= 4 is 73.1 Å². The number of thiazole rings is 1. The molecule has 11 nitrogen and oxygen atoms in total. The maximum absolute atomic E-state index is 12.4. The summed E-state index contributed by atoms with van der Waals surface area (Å²) in [5.41, 5.74) is 19.3. The fraction of sp³-hybridized carbons (Fsp3) is 0.416. The first-order valence-electron chi connectivity index (χ1n) is 49.8. The number of benzene rings is 5. The molecule has 0 atom stereocenters. The van der Waals surface area contributed by atoms with Crippen molar-refractivity contribution in [2.75, 3.05) is 6.79 Å². The molecule has 5 aromatic carbocycles. The number of aryl methyl sites for hydroxylation is 3. The van der Waals surface area contributed by atoms with Gasteiger partial charge in [-0.1, -0.05) is 368 Å². The van der Waals surface area contributed by atoms with Crippen molar-refractivity contribution in [1.82, 2.24) is 39.7 Å². The van der Waals surface area contributed by atoms with Crippen LogP contribution in [-0.4, -0.2) is 46.5 Å². The van der Waals surface area contributed by atoms with E-state index >= 15 is 0 Å². The molecule has 0 aliphatic carbocycles. The van der Waals surface area contributed by atoms with Gasteiger partial charge in [0.2, 0.25) is 6.79 Å². The van der Waals surface area contributed by atoms with Gasteiger partial charge >= 0.3 is 0 Å². The Morgan fingerprint density at radius 3 is 1.17 bits per heavy atom. The van der Waals surface area contributed by atoms with Crippen LogP contribution < -0.4 is 9.47 Å². The topological polar surface area (TPSA) is 127 Å². The minimum atomic E-state index is -0.163. The van der Waals surface area contributed by atoms with Gasteiger partial charge in [0.05, 0.1) is 28.8 Å². The summed E-state index contributed by atoms with van der Waals surface area (Å²) in [5.74, 6) is 10.5. The van der Waals surface area contributed by atoms with Crippen LogP contribution in [0.2, 0.25) is 10.0 Å². The maximum atomic E-state index is 12.4. The van der Waals surface area contributed by atoms with E-state index < -0.39 is 0 Å². The molecule has 1 aliphatic rings. The highest BCUT2D eigenvalue weighted by atomic mass is 79.9. The molecule has 11 heterocycles. The van der Waals surface area contributed by atoms with Gasteiger partial charge in [-0.2, -0.15) is 16.4 Å². The van der Waals surface area contributed by atoms with Crippen molar-refractivity contribution in [3.05, 3.63) is 416 Å². The summed E-state index contributed by atoms with van der Waals surface area (Å²) in [5, 5.41) is 15.2. The minimum Gasteiger partial charge on any atom is -0.472 e. The number of nitrogens with zero attached hydrogens (tertiary/aromatic N) is 8. The van der Waals surface area contributed by atoms with Crippen molar-refractivity contribution in [3.8, 4) is 11.5 Å². The molecule has 18 heteroatoms. The first-order valence-corrected chi connectivity index (χ1v) is 54.1. The van der Waals surface area contributed by atoms with Crippen LogP contribution >= 0.6 is 73.1 Å². The van der Waals surface area contributed by atoms with E-state index in [1.54, 1.807) is 47.6 Å². The van der Waals surface area contributed by atoms with E-state index in [0.29, 0.717) is 101 Å². The predicted molar refractivity (Wildman–Crippen MR) is 629 cm³/mol. The maximum Gasteiger partial charge on any atom is 0.231 e. The third-order valence-corrected chi connectivity index (χ3v) is 25.4. The largest absolute Gasteiger partial charge is 0.472 e. The van der Waals surface area contributed by atoms with Crippen molar-refractivity contribution in [1.29, 1.82) is 0 Å². The highest BCUT2D eigenvalue weighted by Crippen LogP contribution is 2.35. The standard InChI is InChI=1S/C10H15N.C10H12O2.C9H11Cl.C9H11F.C9H13N.2C9H12.C8H10BrN.C8H10ClN.C8H11N.C7H12N2.C7H10O.2C7H10S.C6H9NS.2CH4/c1-4-10-9(8(2)3)6-5-7-11-10;1-7(2)8-3-4-9-10(5-8)12-6-11-9;2*1-7(2)8-3-5-9(10)6-4-8;1-7(2)9-5-4-6-10-8(9)3;2*1-8(2)9-6-4-3-5-7-9;2*1-6(2)8-4-3-7(9)5-10-8;1-7(2)8-4-3-5-9-6-8;1-6(2)7-4-8-9(3)5-7;2*1-6(2)7-3-4-8-5-7;1-6(2)7-4-3-5-8-7;1-5(2)6-7-3-4-8-6;;/h5-8H,4H2,1-3H3;3-5,7H,6H2,1-2H3;2*3-7H,1-2H3;4-7H,1-3H3;2*3-8H,1-2H3;2*3-6H,1-2H3;3-7H,1-2H3;4-6H,1-3H3;3*3-6H,1-2H3;3-5H,1-2H3;2*1H4. The second-order valence-corrected chi connectivity index (χ2v) is 42.9. The second-order valence-electron chi connectivity index (χ2n) is 38.5. The molecular formula is C125H176BrCl2FN8O3S3. The van der Waals surface area contributed by atoms with E-state index in [0.717, 1.165) is 44.5 Å².